The van der Waals surface area contributed by atoms with E-state index < -0.39 is 0 Å². The van der Waals surface area contributed by atoms with Crippen LogP contribution in [-0.4, -0.2) is 50.9 Å². The fourth-order valence-electron chi connectivity index (χ4n) is 1.10. The lowest BCUT2D eigenvalue weighted by Crippen LogP contribution is -2.07. The summed E-state index contributed by atoms with van der Waals surface area (Å²) in [6.45, 7) is 13.0. The van der Waals surface area contributed by atoms with Crippen LogP contribution in [-0.2, 0) is 33.3 Å². The fourth-order valence-corrected chi connectivity index (χ4v) is 1.10. The number of carbonyl (C=O) groups is 3. The van der Waals surface area contributed by atoms with Crippen LogP contribution in [0.2, 0.25) is 0 Å². The quantitative estimate of drug-likeness (QED) is 0.359. The summed E-state index contributed by atoms with van der Waals surface area (Å²) in [6, 6.07) is 0. The first-order valence-corrected chi connectivity index (χ1v) is 8.35. The van der Waals surface area contributed by atoms with Crippen LogP contribution in [0.25, 0.3) is 0 Å². The molecule has 0 unspecified atom stereocenters. The summed E-state index contributed by atoms with van der Waals surface area (Å²) in [5.41, 5.74) is 0. The average Bonchev–Trinajstić information content (AvgIpc) is 2.49. The summed E-state index contributed by atoms with van der Waals surface area (Å²) in [5.74, 6) is -0.577. The van der Waals surface area contributed by atoms with Gasteiger partial charge in [-0.3, -0.25) is 14.4 Å². The number of esters is 3. The number of hydrogen-bond donors (Lipinski definition) is 0. The molecule has 0 aromatic heterocycles. The highest BCUT2D eigenvalue weighted by molar-refractivity contribution is 5.69. The number of carbonyl (C=O) groups excluding carboxylic acids is 3. The highest BCUT2D eigenvalue weighted by Gasteiger charge is 1.98. The smallest absolute Gasteiger partial charge is 0.308 e. The third-order valence-electron chi connectivity index (χ3n) is 2.11. The van der Waals surface area contributed by atoms with Gasteiger partial charge in [-0.1, -0.05) is 13.3 Å². The van der Waals surface area contributed by atoms with Crippen LogP contribution >= 0.6 is 0 Å². The molecule has 0 aliphatic rings. The van der Waals surface area contributed by atoms with E-state index in [1.54, 1.807) is 13.8 Å². The Morgan fingerprint density at radius 1 is 0.708 bits per heavy atom. The van der Waals surface area contributed by atoms with Gasteiger partial charge in [0.25, 0.3) is 0 Å². The molecule has 0 heterocycles. The Bertz CT molecular complexity index is 303. The third-order valence-corrected chi connectivity index (χ3v) is 2.11. The molecule has 0 N–H and O–H groups in total. The Labute approximate surface area is 146 Å². The first-order valence-electron chi connectivity index (χ1n) is 8.35. The van der Waals surface area contributed by atoms with Crippen molar-refractivity contribution in [2.45, 2.75) is 60.8 Å². The maximum atomic E-state index is 10.6. The lowest BCUT2D eigenvalue weighted by molar-refractivity contribution is -0.144. The van der Waals surface area contributed by atoms with Crippen molar-refractivity contribution in [3.05, 3.63) is 0 Å². The van der Waals surface area contributed by atoms with E-state index in [4.69, 9.17) is 4.74 Å². The third kappa shape index (κ3) is 37.0. The van der Waals surface area contributed by atoms with Crippen LogP contribution in [0.4, 0.5) is 0 Å². The van der Waals surface area contributed by atoms with Crippen LogP contribution in [0.5, 0.6) is 0 Å². The molecule has 0 aromatic carbocycles. The van der Waals surface area contributed by atoms with E-state index in [0.29, 0.717) is 39.5 Å². The van der Waals surface area contributed by atoms with E-state index in [9.17, 15) is 14.4 Å². The van der Waals surface area contributed by atoms with E-state index in [0.717, 1.165) is 12.8 Å². The zero-order chi connectivity index (χ0) is 19.2. The first-order chi connectivity index (χ1) is 11.3. The van der Waals surface area contributed by atoms with Gasteiger partial charge in [-0.25, -0.2) is 0 Å². The van der Waals surface area contributed by atoms with Crippen molar-refractivity contribution in [2.24, 2.45) is 0 Å². The van der Waals surface area contributed by atoms with Gasteiger partial charge in [-0.2, -0.15) is 0 Å². The minimum atomic E-state index is -0.211. The molecule has 7 heteroatoms. The van der Waals surface area contributed by atoms with Crippen LogP contribution in [0, 0.1) is 0 Å². The standard InChI is InChI=1S/C7H14O3.C6H12O2.C4H8O2/c1-3-9-6-5-7(8)10-4-2;1-3-4-5-8-6(2)7;1-3-6-4(2)5/h3-6H2,1-2H3;3-5H2,1-2H3;3H2,1-2H3. The van der Waals surface area contributed by atoms with E-state index in [1.807, 2.05) is 6.92 Å². The van der Waals surface area contributed by atoms with E-state index >= 15 is 0 Å². The molecule has 24 heavy (non-hydrogen) atoms. The molecule has 0 amide bonds. The van der Waals surface area contributed by atoms with Crippen molar-refractivity contribution >= 4 is 17.9 Å². The minimum Gasteiger partial charge on any atom is -0.466 e. The zero-order valence-electron chi connectivity index (χ0n) is 16.0. The van der Waals surface area contributed by atoms with E-state index in [-0.39, 0.29) is 17.9 Å². The number of rotatable bonds is 9. The average molecular weight is 350 g/mol. The highest BCUT2D eigenvalue weighted by atomic mass is 16.5. The van der Waals surface area contributed by atoms with Crippen LogP contribution in [0.1, 0.15) is 60.8 Å². The lowest BCUT2D eigenvalue weighted by atomic mass is 10.4. The SMILES string of the molecule is CCCCOC(C)=O.CCOC(C)=O.CCOCCC(=O)OCC. The predicted molar refractivity (Wildman–Crippen MR) is 91.6 cm³/mol. The molecule has 0 rings (SSSR count). The Balaban J connectivity index is -0.000000285. The molecular weight excluding hydrogens is 316 g/mol. The lowest BCUT2D eigenvalue weighted by Gasteiger charge is -2.00. The molecule has 144 valence electrons. The van der Waals surface area contributed by atoms with Crippen LogP contribution < -0.4 is 0 Å². The molecule has 0 aliphatic carbocycles. The van der Waals surface area contributed by atoms with Gasteiger partial charge in [0, 0.05) is 20.5 Å². The Morgan fingerprint density at radius 3 is 1.58 bits per heavy atom. The Hall–Kier alpha value is -1.63. The van der Waals surface area contributed by atoms with Gasteiger partial charge in [0.05, 0.1) is 32.8 Å². The molecule has 0 fully saturated rings. The maximum Gasteiger partial charge on any atom is 0.308 e. The van der Waals surface area contributed by atoms with Gasteiger partial charge in [-0.05, 0) is 27.2 Å². The van der Waals surface area contributed by atoms with Gasteiger partial charge in [0.1, 0.15) is 0 Å². The van der Waals surface area contributed by atoms with Gasteiger partial charge >= 0.3 is 17.9 Å². The summed E-state index contributed by atoms with van der Waals surface area (Å²) in [5, 5.41) is 0. The molecule has 0 radical (unpaired) electrons. The van der Waals surface area contributed by atoms with Gasteiger partial charge in [-0.15, -0.1) is 0 Å². The maximum absolute atomic E-state index is 10.6. The highest BCUT2D eigenvalue weighted by Crippen LogP contribution is 1.87. The second-order valence-corrected chi connectivity index (χ2v) is 4.37. The molecular formula is C17H34O7. The second-order valence-electron chi connectivity index (χ2n) is 4.37. The molecule has 0 aromatic rings. The molecule has 0 saturated carbocycles. The van der Waals surface area contributed by atoms with Crippen molar-refractivity contribution in [2.75, 3.05) is 33.0 Å². The fraction of sp³-hybridized carbons (Fsp3) is 0.824. The van der Waals surface area contributed by atoms with Crippen LogP contribution in [0.3, 0.4) is 0 Å². The topological polar surface area (TPSA) is 88.1 Å². The second kappa shape index (κ2) is 23.6. The summed E-state index contributed by atoms with van der Waals surface area (Å²) in [6.07, 6.45) is 2.41. The van der Waals surface area contributed by atoms with E-state index in [1.165, 1.54) is 13.8 Å². The van der Waals surface area contributed by atoms with Crippen molar-refractivity contribution in [1.82, 2.24) is 0 Å². The largest absolute Gasteiger partial charge is 0.466 e. The van der Waals surface area contributed by atoms with E-state index in [2.05, 4.69) is 21.1 Å². The summed E-state index contributed by atoms with van der Waals surface area (Å²) >= 11 is 0. The molecule has 0 saturated heterocycles. The predicted octanol–water partition coefficient (Wildman–Crippen LogP) is 2.90. The number of unbranched alkanes of at least 4 members (excludes halogenated alkanes) is 1. The number of hydrogen-bond acceptors (Lipinski definition) is 7. The Morgan fingerprint density at radius 2 is 1.25 bits per heavy atom. The van der Waals surface area contributed by atoms with Crippen molar-refractivity contribution in [3.8, 4) is 0 Å². The van der Waals surface area contributed by atoms with Gasteiger partial charge < -0.3 is 18.9 Å². The van der Waals surface area contributed by atoms with Gasteiger partial charge in [0.15, 0.2) is 0 Å². The summed E-state index contributed by atoms with van der Waals surface area (Å²) in [4.78, 5) is 30.5. The van der Waals surface area contributed by atoms with Crippen molar-refractivity contribution in [1.29, 1.82) is 0 Å². The van der Waals surface area contributed by atoms with Crippen molar-refractivity contribution in [3.63, 3.8) is 0 Å². The molecule has 0 bridgehead atoms. The Kier molecular flexibility index (Phi) is 26.8. The monoisotopic (exact) mass is 350 g/mol. The summed E-state index contributed by atoms with van der Waals surface area (Å²) in [7, 11) is 0. The minimum absolute atomic E-state index is 0.182. The molecule has 0 spiro atoms. The number of ether oxygens (including phenoxy) is 4. The van der Waals surface area contributed by atoms with Gasteiger partial charge in [0.2, 0.25) is 0 Å². The normalized spacial score (nSPS) is 8.75. The molecule has 7 nitrogen and oxygen atoms in total. The zero-order valence-corrected chi connectivity index (χ0v) is 16.0. The molecule has 0 aliphatic heterocycles. The van der Waals surface area contributed by atoms with Crippen molar-refractivity contribution < 1.29 is 33.3 Å². The van der Waals surface area contributed by atoms with Crippen LogP contribution in [0.15, 0.2) is 0 Å². The molecule has 0 atom stereocenters. The first kappa shape index (κ1) is 27.2. The summed E-state index contributed by atoms with van der Waals surface area (Å²) < 4.78 is 18.7.